The highest BCUT2D eigenvalue weighted by Crippen LogP contribution is 2.30. The van der Waals surface area contributed by atoms with E-state index in [1.807, 2.05) is 66.7 Å². The number of thioether (sulfide) groups is 1. The van der Waals surface area contributed by atoms with Crippen molar-refractivity contribution in [3.05, 3.63) is 95.5 Å². The molecule has 0 fully saturated rings. The number of hydrogen-bond acceptors (Lipinski definition) is 8. The molecule has 0 bridgehead atoms. The molecule has 0 spiro atoms. The summed E-state index contributed by atoms with van der Waals surface area (Å²) in [4.78, 5) is 16.6. The quantitative estimate of drug-likeness (QED) is 0.260. The van der Waals surface area contributed by atoms with Crippen molar-refractivity contribution in [1.82, 2.24) is 29.4 Å². The number of nitrogens with two attached hydrogens (primary N) is 1. The Labute approximate surface area is 219 Å². The zero-order valence-corrected chi connectivity index (χ0v) is 21.7. The van der Waals surface area contributed by atoms with Gasteiger partial charge in [-0.2, -0.15) is 10.2 Å². The third kappa shape index (κ3) is 6.63. The van der Waals surface area contributed by atoms with Crippen LogP contribution in [0.2, 0.25) is 0 Å². The van der Waals surface area contributed by atoms with Crippen LogP contribution in [0.15, 0.2) is 78.7 Å². The van der Waals surface area contributed by atoms with Gasteiger partial charge in [0, 0.05) is 42.3 Å². The first-order valence-electron chi connectivity index (χ1n) is 11.2. The molecule has 0 unspecified atom stereocenters. The van der Waals surface area contributed by atoms with Gasteiger partial charge < -0.3 is 10.5 Å². The number of nitrogens with zero attached hydrogens (tertiary/aromatic N) is 6. The summed E-state index contributed by atoms with van der Waals surface area (Å²) in [7, 11) is 3.42. The largest absolute Gasteiger partial charge is 0.333 e. The van der Waals surface area contributed by atoms with Crippen LogP contribution in [0.3, 0.4) is 0 Å². The van der Waals surface area contributed by atoms with E-state index in [2.05, 4.69) is 52.0 Å². The van der Waals surface area contributed by atoms with Gasteiger partial charge in [0.2, 0.25) is 0 Å². The molecule has 1 aromatic carbocycles. The minimum atomic E-state index is 0.457. The van der Waals surface area contributed by atoms with Crippen molar-refractivity contribution in [2.24, 2.45) is 12.8 Å². The Morgan fingerprint density at radius 3 is 2.41 bits per heavy atom. The maximum atomic E-state index is 8.17. The molecular formula is C27H28N8OS. The van der Waals surface area contributed by atoms with Gasteiger partial charge in [0.15, 0.2) is 5.65 Å². The average molecular weight is 513 g/mol. The highest BCUT2D eigenvalue weighted by molar-refractivity contribution is 8.16. The number of imidazole rings is 1. The Morgan fingerprint density at radius 1 is 1.00 bits per heavy atom. The molecule has 5 aromatic rings. The molecule has 4 heterocycles. The van der Waals surface area contributed by atoms with Crippen LogP contribution in [-0.4, -0.2) is 48.2 Å². The number of aromatic nitrogens is 6. The van der Waals surface area contributed by atoms with E-state index in [-0.39, 0.29) is 0 Å². The van der Waals surface area contributed by atoms with E-state index in [4.69, 9.17) is 15.3 Å². The SMILES string of the molecule is C=O.CN.Cc1ccc(-c2nn(C)cc2-c2ccc3nc(/C=C/SC(=N)c4ccncc4)cn3n2)cc1. The number of hydrogen-bond donors (Lipinski definition) is 2. The van der Waals surface area contributed by atoms with Crippen LogP contribution in [0.1, 0.15) is 16.8 Å². The van der Waals surface area contributed by atoms with Crippen LogP contribution in [0.5, 0.6) is 0 Å². The number of benzene rings is 1. The lowest BCUT2D eigenvalue weighted by atomic mass is 10.0. The minimum absolute atomic E-state index is 0.457. The van der Waals surface area contributed by atoms with Crippen molar-refractivity contribution < 1.29 is 4.79 Å². The monoisotopic (exact) mass is 512 g/mol. The number of fused-ring (bicyclic) bond motifs is 1. The van der Waals surface area contributed by atoms with E-state index in [0.717, 1.165) is 39.4 Å². The second kappa shape index (κ2) is 13.1. The zero-order valence-electron chi connectivity index (χ0n) is 20.9. The van der Waals surface area contributed by atoms with Crippen LogP contribution in [0.4, 0.5) is 0 Å². The van der Waals surface area contributed by atoms with Gasteiger partial charge in [-0.1, -0.05) is 41.6 Å². The van der Waals surface area contributed by atoms with Crippen LogP contribution in [0.25, 0.3) is 34.2 Å². The molecule has 3 N–H and O–H groups in total. The summed E-state index contributed by atoms with van der Waals surface area (Å²) < 4.78 is 3.59. The second-order valence-corrected chi connectivity index (χ2v) is 8.52. The van der Waals surface area contributed by atoms with Crippen molar-refractivity contribution in [1.29, 1.82) is 5.41 Å². The topological polar surface area (TPSA) is 128 Å². The third-order valence-corrected chi connectivity index (χ3v) is 5.88. The summed E-state index contributed by atoms with van der Waals surface area (Å²) in [5.41, 5.74) is 11.8. The van der Waals surface area contributed by atoms with E-state index in [9.17, 15) is 0 Å². The molecule has 0 aliphatic carbocycles. The van der Waals surface area contributed by atoms with E-state index in [1.165, 1.54) is 24.4 Å². The lowest BCUT2D eigenvalue weighted by Gasteiger charge is -2.03. The summed E-state index contributed by atoms with van der Waals surface area (Å²) in [5, 5.41) is 19.9. The van der Waals surface area contributed by atoms with Gasteiger partial charge >= 0.3 is 0 Å². The van der Waals surface area contributed by atoms with Gasteiger partial charge in [-0.3, -0.25) is 15.1 Å². The molecule has 5 rings (SSSR count). The highest BCUT2D eigenvalue weighted by atomic mass is 32.2. The van der Waals surface area contributed by atoms with Crippen molar-refractivity contribution in [2.75, 3.05) is 7.05 Å². The normalized spacial score (nSPS) is 10.5. The Hall–Kier alpha value is -4.41. The fourth-order valence-corrected chi connectivity index (χ4v) is 4.08. The molecule has 0 saturated heterocycles. The van der Waals surface area contributed by atoms with Gasteiger partial charge in [-0.15, -0.1) is 0 Å². The molecule has 4 aromatic heterocycles. The van der Waals surface area contributed by atoms with Gasteiger partial charge in [-0.05, 0) is 49.7 Å². The third-order valence-electron chi connectivity index (χ3n) is 5.14. The Bertz CT molecular complexity index is 1490. The molecule has 0 aliphatic heterocycles. The lowest BCUT2D eigenvalue weighted by molar-refractivity contribution is -0.0979. The van der Waals surface area contributed by atoms with E-state index in [1.54, 1.807) is 16.9 Å². The van der Waals surface area contributed by atoms with Crippen LogP contribution < -0.4 is 5.73 Å². The number of nitrogens with one attached hydrogen (secondary N) is 1. The number of carbonyl (C=O) groups is 1. The van der Waals surface area contributed by atoms with Crippen molar-refractivity contribution in [3.8, 4) is 22.5 Å². The Balaban J connectivity index is 0.000000907. The molecule has 0 aliphatic rings. The summed E-state index contributed by atoms with van der Waals surface area (Å²) >= 11 is 1.33. The maximum absolute atomic E-state index is 8.17. The van der Waals surface area contributed by atoms with Gasteiger partial charge in [0.1, 0.15) is 12.5 Å². The van der Waals surface area contributed by atoms with Crippen LogP contribution in [-0.2, 0) is 11.8 Å². The first kappa shape index (κ1) is 27.2. The first-order valence-corrected chi connectivity index (χ1v) is 12.1. The van der Waals surface area contributed by atoms with Gasteiger partial charge in [-0.25, -0.2) is 9.50 Å². The molecule has 9 nitrogen and oxygen atoms in total. The van der Waals surface area contributed by atoms with Crippen LogP contribution >= 0.6 is 11.8 Å². The van der Waals surface area contributed by atoms with Crippen molar-refractivity contribution >= 4 is 35.3 Å². The number of aryl methyl sites for hydroxylation is 2. The molecule has 0 atom stereocenters. The highest BCUT2D eigenvalue weighted by Gasteiger charge is 2.14. The van der Waals surface area contributed by atoms with Crippen molar-refractivity contribution in [3.63, 3.8) is 0 Å². The summed E-state index contributed by atoms with van der Waals surface area (Å²) in [6.07, 6.45) is 9.13. The smallest absolute Gasteiger partial charge is 0.154 e. The molecule has 0 saturated carbocycles. The molecular weight excluding hydrogens is 484 g/mol. The van der Waals surface area contributed by atoms with Gasteiger partial charge in [0.05, 0.1) is 22.6 Å². The minimum Gasteiger partial charge on any atom is -0.333 e. The second-order valence-electron chi connectivity index (χ2n) is 7.60. The Morgan fingerprint density at radius 2 is 1.70 bits per heavy atom. The average Bonchev–Trinajstić information content (AvgIpc) is 3.54. The number of carbonyl (C=O) groups excluding carboxylic acids is 1. The molecule has 0 radical (unpaired) electrons. The predicted octanol–water partition coefficient (Wildman–Crippen LogP) is 4.62. The maximum Gasteiger partial charge on any atom is 0.154 e. The fourth-order valence-electron chi connectivity index (χ4n) is 3.47. The summed E-state index contributed by atoms with van der Waals surface area (Å²) in [6.45, 7) is 4.07. The first-order chi connectivity index (χ1) is 18.1. The Kier molecular flexibility index (Phi) is 9.59. The lowest BCUT2D eigenvalue weighted by Crippen LogP contribution is -1.93. The number of rotatable bonds is 5. The van der Waals surface area contributed by atoms with E-state index < -0.39 is 0 Å². The van der Waals surface area contributed by atoms with Crippen molar-refractivity contribution in [2.45, 2.75) is 6.92 Å². The molecule has 10 heteroatoms. The molecule has 188 valence electrons. The standard InChI is InChI=1S/C25H21N7S.CH5N.CH2O/c1-17-3-5-18(6-4-17)24-21(16-31(2)30-24)22-7-8-23-28-20(15-32(23)29-22)11-14-33-25(26)19-9-12-27-13-10-19;2*1-2/h3-16,26H,1-2H3;2H2,1H3;1H2/b14-11+,26-25?;;. The summed E-state index contributed by atoms with van der Waals surface area (Å²) in [5.74, 6) is 0. The molecule has 37 heavy (non-hydrogen) atoms. The van der Waals surface area contributed by atoms with Crippen LogP contribution in [0, 0.1) is 12.3 Å². The number of pyridine rings is 1. The van der Waals surface area contributed by atoms with Gasteiger partial charge in [0.25, 0.3) is 0 Å². The fraction of sp³-hybridized carbons (Fsp3) is 0.111. The zero-order chi connectivity index (χ0) is 26.8. The predicted molar refractivity (Wildman–Crippen MR) is 150 cm³/mol. The molecule has 0 amide bonds. The van der Waals surface area contributed by atoms with E-state index in [0.29, 0.717) is 5.04 Å². The van der Waals surface area contributed by atoms with E-state index >= 15 is 0 Å². The summed E-state index contributed by atoms with van der Waals surface area (Å²) in [6, 6.07) is 15.9.